The van der Waals surface area contributed by atoms with Crippen LogP contribution in [-0.2, 0) is 6.54 Å². The van der Waals surface area contributed by atoms with E-state index >= 15 is 0 Å². The minimum atomic E-state index is -0.639. The van der Waals surface area contributed by atoms with Crippen LogP contribution in [0.5, 0.6) is 0 Å². The summed E-state index contributed by atoms with van der Waals surface area (Å²) in [4.78, 5) is 10.2. The molecule has 1 aromatic rings. The molecule has 0 radical (unpaired) electrons. The van der Waals surface area contributed by atoms with Crippen molar-refractivity contribution in [3.05, 3.63) is 38.9 Å². The summed E-state index contributed by atoms with van der Waals surface area (Å²) in [7, 11) is 0. The molecule has 21 heavy (non-hydrogen) atoms. The molecule has 1 aromatic carbocycles. The Morgan fingerprint density at radius 1 is 1.48 bits per heavy atom. The third-order valence-corrected chi connectivity index (χ3v) is 4.57. The van der Waals surface area contributed by atoms with Crippen LogP contribution in [0, 0.1) is 16.0 Å². The molecule has 6 heteroatoms. The molecule has 1 saturated carbocycles. The number of halogens is 1. The lowest BCUT2D eigenvalue weighted by molar-refractivity contribution is -0.384. The van der Waals surface area contributed by atoms with Crippen molar-refractivity contribution in [2.75, 3.05) is 6.54 Å². The van der Waals surface area contributed by atoms with Gasteiger partial charge >= 0.3 is 0 Å². The zero-order chi connectivity index (χ0) is 15.5. The summed E-state index contributed by atoms with van der Waals surface area (Å²) in [6.45, 7) is 3.23. The maximum Gasteiger partial charge on any atom is 0.270 e. The highest BCUT2D eigenvalue weighted by Crippen LogP contribution is 2.31. The van der Waals surface area contributed by atoms with Gasteiger partial charge in [0.25, 0.3) is 5.69 Å². The van der Waals surface area contributed by atoms with Gasteiger partial charge in [-0.15, -0.1) is 0 Å². The van der Waals surface area contributed by atoms with Gasteiger partial charge in [-0.05, 0) is 43.2 Å². The Morgan fingerprint density at radius 3 is 2.71 bits per heavy atom. The van der Waals surface area contributed by atoms with E-state index in [-0.39, 0.29) is 5.69 Å². The number of nitro groups is 1. The van der Waals surface area contributed by atoms with Crippen LogP contribution in [0.3, 0.4) is 0 Å². The summed E-state index contributed by atoms with van der Waals surface area (Å²) in [6, 6.07) is 4.45. The average molecular weight is 313 g/mol. The fourth-order valence-corrected chi connectivity index (χ4v) is 2.94. The van der Waals surface area contributed by atoms with Crippen molar-refractivity contribution in [1.29, 1.82) is 0 Å². The molecular weight excluding hydrogens is 292 g/mol. The fraction of sp³-hybridized carbons (Fsp3) is 0.600. The average Bonchev–Trinajstić information content (AvgIpc) is 2.44. The van der Waals surface area contributed by atoms with Gasteiger partial charge in [-0.2, -0.15) is 0 Å². The largest absolute Gasteiger partial charge is 0.389 e. The lowest BCUT2D eigenvalue weighted by atomic mass is 9.79. The molecule has 0 unspecified atom stereocenters. The predicted molar refractivity (Wildman–Crippen MR) is 82.4 cm³/mol. The van der Waals surface area contributed by atoms with Gasteiger partial charge in [-0.25, -0.2) is 0 Å². The van der Waals surface area contributed by atoms with Gasteiger partial charge in [0.2, 0.25) is 0 Å². The fourth-order valence-electron chi connectivity index (χ4n) is 2.70. The highest BCUT2D eigenvalue weighted by atomic mass is 35.5. The molecule has 0 saturated heterocycles. The van der Waals surface area contributed by atoms with Crippen LogP contribution in [-0.4, -0.2) is 22.2 Å². The van der Waals surface area contributed by atoms with Crippen LogP contribution in [0.25, 0.3) is 0 Å². The van der Waals surface area contributed by atoms with E-state index in [1.807, 2.05) is 0 Å². The van der Waals surface area contributed by atoms with Crippen molar-refractivity contribution in [2.24, 2.45) is 5.92 Å². The van der Waals surface area contributed by atoms with Gasteiger partial charge in [0.05, 0.1) is 15.5 Å². The zero-order valence-corrected chi connectivity index (χ0v) is 12.9. The Bertz CT molecular complexity index is 514. The summed E-state index contributed by atoms with van der Waals surface area (Å²) < 4.78 is 0. The minimum absolute atomic E-state index is 0.0105. The van der Waals surface area contributed by atoms with Crippen LogP contribution in [0.2, 0.25) is 5.02 Å². The van der Waals surface area contributed by atoms with E-state index in [4.69, 9.17) is 11.6 Å². The van der Waals surface area contributed by atoms with E-state index in [0.29, 0.717) is 24.0 Å². The molecule has 0 spiro atoms. The third-order valence-electron chi connectivity index (χ3n) is 4.22. The third kappa shape index (κ3) is 4.40. The Kier molecular flexibility index (Phi) is 5.19. The van der Waals surface area contributed by atoms with E-state index < -0.39 is 10.5 Å². The van der Waals surface area contributed by atoms with Crippen LogP contribution < -0.4 is 5.32 Å². The van der Waals surface area contributed by atoms with Crippen molar-refractivity contribution < 1.29 is 10.0 Å². The van der Waals surface area contributed by atoms with E-state index in [1.165, 1.54) is 12.1 Å². The molecule has 2 N–H and O–H groups in total. The summed E-state index contributed by atoms with van der Waals surface area (Å²) in [6.07, 6.45) is 3.73. The van der Waals surface area contributed by atoms with Crippen LogP contribution in [0.1, 0.15) is 38.2 Å². The first-order chi connectivity index (χ1) is 9.89. The number of hydrogen-bond acceptors (Lipinski definition) is 4. The second-order valence-electron chi connectivity index (χ2n) is 6.04. The molecule has 0 atom stereocenters. The Hall–Kier alpha value is -1.17. The van der Waals surface area contributed by atoms with Crippen molar-refractivity contribution in [3.63, 3.8) is 0 Å². The Labute approximate surface area is 129 Å². The quantitative estimate of drug-likeness (QED) is 0.646. The van der Waals surface area contributed by atoms with E-state index in [1.54, 1.807) is 6.07 Å². The lowest BCUT2D eigenvalue weighted by Gasteiger charge is -2.35. The predicted octanol–water partition coefficient (Wildman–Crippen LogP) is 3.28. The van der Waals surface area contributed by atoms with Gasteiger partial charge in [-0.1, -0.05) is 18.5 Å². The topological polar surface area (TPSA) is 75.4 Å². The van der Waals surface area contributed by atoms with Crippen molar-refractivity contribution >= 4 is 17.3 Å². The number of nitrogens with zero attached hydrogens (tertiary/aromatic N) is 1. The van der Waals surface area contributed by atoms with Crippen molar-refractivity contribution in [1.82, 2.24) is 5.32 Å². The van der Waals surface area contributed by atoms with Crippen molar-refractivity contribution in [2.45, 2.75) is 44.8 Å². The second-order valence-corrected chi connectivity index (χ2v) is 6.45. The number of hydrogen-bond donors (Lipinski definition) is 2. The number of aliphatic hydroxyl groups is 1. The van der Waals surface area contributed by atoms with Gasteiger partial charge in [-0.3, -0.25) is 10.1 Å². The molecule has 0 bridgehead atoms. The maximum atomic E-state index is 10.7. The molecule has 2 rings (SSSR count). The normalized spacial score (nSPS) is 25.8. The monoisotopic (exact) mass is 312 g/mol. The molecule has 0 aromatic heterocycles. The van der Waals surface area contributed by atoms with E-state index in [0.717, 1.165) is 31.2 Å². The lowest BCUT2D eigenvalue weighted by Crippen LogP contribution is -2.43. The number of nitrogens with one attached hydrogen (secondary N) is 1. The standard InChI is InChI=1S/C15H21ClN2O3/c1-11-4-6-15(19,7-5-11)10-17-9-12-2-3-13(18(20)21)8-14(12)16/h2-3,8,11,17,19H,4-7,9-10H2,1H3. The molecule has 0 amide bonds. The first-order valence-electron chi connectivity index (χ1n) is 7.25. The summed E-state index contributed by atoms with van der Waals surface area (Å²) in [5.74, 6) is 0.689. The first kappa shape index (κ1) is 16.2. The molecule has 5 nitrogen and oxygen atoms in total. The molecule has 1 aliphatic carbocycles. The van der Waals surface area contributed by atoms with Gasteiger partial charge in [0.15, 0.2) is 0 Å². The van der Waals surface area contributed by atoms with Crippen LogP contribution in [0.15, 0.2) is 18.2 Å². The van der Waals surface area contributed by atoms with E-state index in [2.05, 4.69) is 12.2 Å². The highest BCUT2D eigenvalue weighted by molar-refractivity contribution is 6.31. The maximum absolute atomic E-state index is 10.7. The Morgan fingerprint density at radius 2 is 2.14 bits per heavy atom. The number of non-ortho nitro benzene ring substituents is 1. The molecular formula is C15H21ClN2O3. The first-order valence-corrected chi connectivity index (χ1v) is 7.63. The molecule has 0 heterocycles. The summed E-state index contributed by atoms with van der Waals surface area (Å²) in [5, 5.41) is 24.7. The zero-order valence-electron chi connectivity index (χ0n) is 12.1. The second kappa shape index (κ2) is 6.73. The molecule has 0 aliphatic heterocycles. The van der Waals surface area contributed by atoms with Gasteiger partial charge in [0.1, 0.15) is 0 Å². The number of benzene rings is 1. The number of nitro benzene ring substituents is 1. The highest BCUT2D eigenvalue weighted by Gasteiger charge is 2.31. The molecule has 1 fully saturated rings. The van der Waals surface area contributed by atoms with Gasteiger partial charge in [0, 0.05) is 25.2 Å². The SMILES string of the molecule is CC1CCC(O)(CNCc2ccc([N+](=O)[O-])cc2Cl)CC1. The number of rotatable bonds is 5. The Balaban J connectivity index is 1.87. The minimum Gasteiger partial charge on any atom is -0.389 e. The van der Waals surface area contributed by atoms with Crippen molar-refractivity contribution in [3.8, 4) is 0 Å². The smallest absolute Gasteiger partial charge is 0.270 e. The summed E-state index contributed by atoms with van der Waals surface area (Å²) in [5.41, 5.74) is 0.151. The van der Waals surface area contributed by atoms with Gasteiger partial charge < -0.3 is 10.4 Å². The van der Waals surface area contributed by atoms with Crippen LogP contribution >= 0.6 is 11.6 Å². The van der Waals surface area contributed by atoms with E-state index in [9.17, 15) is 15.2 Å². The molecule has 116 valence electrons. The molecule has 1 aliphatic rings. The van der Waals surface area contributed by atoms with Crippen LogP contribution in [0.4, 0.5) is 5.69 Å². The summed E-state index contributed by atoms with van der Waals surface area (Å²) >= 11 is 6.04.